The maximum Gasteiger partial charge on any atom is 0.0619 e. The van der Waals surface area contributed by atoms with E-state index in [2.05, 4.69) is 337 Å². The van der Waals surface area contributed by atoms with Gasteiger partial charge in [0.1, 0.15) is 0 Å². The van der Waals surface area contributed by atoms with E-state index in [1.165, 1.54) is 88.8 Å². The van der Waals surface area contributed by atoms with Gasteiger partial charge in [-0.05, 0) is 152 Å². The Bertz CT molecular complexity index is 4390. The number of nitrogens with zero attached hydrogens (tertiary/aromatic N) is 3. The zero-order chi connectivity index (χ0) is 54.7. The molecule has 3 heteroatoms. The van der Waals surface area contributed by atoms with E-state index in [1.54, 1.807) is 0 Å². The number of fused-ring (bicyclic) bond motifs is 5. The smallest absolute Gasteiger partial charge is 0.0619 e. The molecule has 0 unspecified atom stereocenters. The third-order valence-corrected chi connectivity index (χ3v) is 16.9. The second-order valence-corrected chi connectivity index (χ2v) is 22.0. The molecule has 1 aliphatic rings. The standard InChI is InChI=1S/C79H57N3/c1-79(2)71-36-22-21-35-67(71)68-48-47-66(53-72(68)79)80(64-43-37-54(38-44-64)60-41-49-73-69(51-60)75(56-23-9-3-10-24-56)77(58-27-13-5-14-28-58)81(73)62-31-17-7-18-32-62)65-45-39-55(40-46-65)61-42-50-74-70(52-61)76(57-25-11-4-12-26-57)78(59-29-15-6-16-30-59)82(74)63-33-19-8-20-34-63/h3-53H,1-2H3. The Hall–Kier alpha value is -10.5. The predicted molar refractivity (Wildman–Crippen MR) is 345 cm³/mol. The van der Waals surface area contributed by atoms with Crippen LogP contribution in [0.3, 0.4) is 0 Å². The third-order valence-electron chi connectivity index (χ3n) is 16.9. The van der Waals surface area contributed by atoms with Crippen molar-refractivity contribution in [2.24, 2.45) is 0 Å². The quantitative estimate of drug-likeness (QED) is 0.126. The van der Waals surface area contributed by atoms with Gasteiger partial charge in [-0.3, -0.25) is 0 Å². The van der Waals surface area contributed by atoms with Gasteiger partial charge in [-0.25, -0.2) is 0 Å². The van der Waals surface area contributed by atoms with Crippen LogP contribution < -0.4 is 4.90 Å². The topological polar surface area (TPSA) is 13.1 Å². The molecule has 388 valence electrons. The molecule has 0 saturated carbocycles. The van der Waals surface area contributed by atoms with Crippen LogP contribution in [0.1, 0.15) is 25.0 Å². The van der Waals surface area contributed by atoms with E-state index in [9.17, 15) is 0 Å². The maximum atomic E-state index is 2.43. The molecule has 0 radical (unpaired) electrons. The Morgan fingerprint density at radius 3 is 1.06 bits per heavy atom. The second kappa shape index (κ2) is 20.0. The molecule has 0 N–H and O–H groups in total. The zero-order valence-corrected chi connectivity index (χ0v) is 45.8. The number of aromatic nitrogens is 2. The minimum Gasteiger partial charge on any atom is -0.310 e. The van der Waals surface area contributed by atoms with Crippen molar-refractivity contribution in [1.82, 2.24) is 9.13 Å². The van der Waals surface area contributed by atoms with Crippen LogP contribution in [0.2, 0.25) is 0 Å². The molecule has 3 nitrogen and oxygen atoms in total. The van der Waals surface area contributed by atoms with Gasteiger partial charge in [-0.2, -0.15) is 0 Å². The summed E-state index contributed by atoms with van der Waals surface area (Å²) in [5, 5.41) is 2.42. The van der Waals surface area contributed by atoms with E-state index >= 15 is 0 Å². The fraction of sp³-hybridized carbons (Fsp3) is 0.0380. The fourth-order valence-corrected chi connectivity index (χ4v) is 13.0. The Kier molecular flexibility index (Phi) is 11.9. The van der Waals surface area contributed by atoms with Crippen molar-refractivity contribution in [3.05, 3.63) is 321 Å². The molecular weight excluding hydrogens is 991 g/mol. The van der Waals surface area contributed by atoms with Gasteiger partial charge in [-0.15, -0.1) is 0 Å². The first-order valence-electron chi connectivity index (χ1n) is 28.4. The number of anilines is 3. The van der Waals surface area contributed by atoms with Crippen molar-refractivity contribution in [2.75, 3.05) is 4.90 Å². The van der Waals surface area contributed by atoms with Crippen LogP contribution in [0.15, 0.2) is 309 Å². The average molecular weight is 1050 g/mol. The number of hydrogen-bond donors (Lipinski definition) is 0. The van der Waals surface area contributed by atoms with Crippen LogP contribution in [0, 0.1) is 0 Å². The molecule has 0 spiro atoms. The highest BCUT2D eigenvalue weighted by Crippen LogP contribution is 2.52. The third kappa shape index (κ3) is 8.20. The van der Waals surface area contributed by atoms with Gasteiger partial charge in [0, 0.05) is 55.8 Å². The molecule has 14 aromatic rings. The van der Waals surface area contributed by atoms with Crippen LogP contribution in [0.5, 0.6) is 0 Å². The minimum absolute atomic E-state index is 0.157. The summed E-state index contributed by atoms with van der Waals surface area (Å²) >= 11 is 0. The highest BCUT2D eigenvalue weighted by atomic mass is 15.1. The first kappa shape index (κ1) is 48.6. The van der Waals surface area contributed by atoms with Gasteiger partial charge < -0.3 is 14.0 Å². The maximum absolute atomic E-state index is 2.43. The molecule has 0 atom stereocenters. The highest BCUT2D eigenvalue weighted by Gasteiger charge is 2.36. The van der Waals surface area contributed by atoms with Crippen molar-refractivity contribution >= 4 is 38.9 Å². The molecule has 2 aromatic heterocycles. The summed E-state index contributed by atoms with van der Waals surface area (Å²) in [6.07, 6.45) is 0. The molecule has 82 heavy (non-hydrogen) atoms. The molecule has 15 rings (SSSR count). The average Bonchev–Trinajstić information content (AvgIpc) is 3.31. The van der Waals surface area contributed by atoms with Crippen molar-refractivity contribution < 1.29 is 0 Å². The van der Waals surface area contributed by atoms with Gasteiger partial charge in [0.05, 0.1) is 22.4 Å². The fourth-order valence-electron chi connectivity index (χ4n) is 13.0. The SMILES string of the molecule is CC1(C)c2ccccc2-c2ccc(N(c3ccc(-c4ccc5c(c4)c(-c4ccccc4)c(-c4ccccc4)n5-c4ccccc4)cc3)c3ccc(-c4ccc5c(c4)c(-c4ccccc4)c(-c4ccccc4)n5-c4ccccc4)cc3)cc21. The molecule has 1 aliphatic carbocycles. The highest BCUT2D eigenvalue weighted by molar-refractivity contribution is 6.09. The van der Waals surface area contributed by atoms with Crippen LogP contribution >= 0.6 is 0 Å². The lowest BCUT2D eigenvalue weighted by Gasteiger charge is -2.28. The van der Waals surface area contributed by atoms with E-state index in [-0.39, 0.29) is 5.41 Å². The van der Waals surface area contributed by atoms with E-state index in [4.69, 9.17) is 0 Å². The Morgan fingerprint density at radius 2 is 0.622 bits per heavy atom. The summed E-state index contributed by atoms with van der Waals surface area (Å²) < 4.78 is 4.87. The summed E-state index contributed by atoms with van der Waals surface area (Å²) in [5.41, 5.74) is 27.2. The predicted octanol–water partition coefficient (Wildman–Crippen LogP) is 21.4. The van der Waals surface area contributed by atoms with Crippen LogP contribution in [-0.4, -0.2) is 9.13 Å². The summed E-state index contributed by atoms with van der Waals surface area (Å²) in [6.45, 7) is 4.73. The molecule has 0 fully saturated rings. The number of rotatable bonds is 11. The molecule has 2 heterocycles. The van der Waals surface area contributed by atoms with E-state index in [0.29, 0.717) is 0 Å². The molecule has 12 aromatic carbocycles. The number of hydrogen-bond acceptors (Lipinski definition) is 1. The molecule has 0 bridgehead atoms. The lowest BCUT2D eigenvalue weighted by atomic mass is 9.82. The Labute approximate surface area is 479 Å². The molecular formula is C79H57N3. The van der Waals surface area contributed by atoms with E-state index < -0.39 is 0 Å². The van der Waals surface area contributed by atoms with Crippen LogP contribution in [0.25, 0.3) is 111 Å². The molecule has 0 saturated heterocycles. The molecule has 0 aliphatic heterocycles. The minimum atomic E-state index is -0.157. The summed E-state index contributed by atoms with van der Waals surface area (Å²) in [4.78, 5) is 2.43. The monoisotopic (exact) mass is 1050 g/mol. The number of para-hydroxylation sites is 2. The zero-order valence-electron chi connectivity index (χ0n) is 45.8. The summed E-state index contributed by atoms with van der Waals surface area (Å²) in [7, 11) is 0. The summed E-state index contributed by atoms with van der Waals surface area (Å²) in [5.74, 6) is 0. The lowest BCUT2D eigenvalue weighted by molar-refractivity contribution is 0.660. The van der Waals surface area contributed by atoms with Crippen molar-refractivity contribution in [2.45, 2.75) is 19.3 Å². The Balaban J connectivity index is 0.857. The van der Waals surface area contributed by atoms with Crippen molar-refractivity contribution in [3.8, 4) is 89.5 Å². The van der Waals surface area contributed by atoms with Crippen LogP contribution in [-0.2, 0) is 5.41 Å². The van der Waals surface area contributed by atoms with Gasteiger partial charge >= 0.3 is 0 Å². The number of benzene rings is 12. The van der Waals surface area contributed by atoms with E-state index in [1.807, 2.05) is 0 Å². The first-order chi connectivity index (χ1) is 40.5. The van der Waals surface area contributed by atoms with Crippen molar-refractivity contribution in [1.29, 1.82) is 0 Å². The van der Waals surface area contributed by atoms with Crippen molar-refractivity contribution in [3.63, 3.8) is 0 Å². The van der Waals surface area contributed by atoms with Gasteiger partial charge in [-0.1, -0.05) is 238 Å². The lowest BCUT2D eigenvalue weighted by Crippen LogP contribution is -2.16. The summed E-state index contributed by atoms with van der Waals surface area (Å²) in [6, 6.07) is 113. The van der Waals surface area contributed by atoms with Gasteiger partial charge in [0.25, 0.3) is 0 Å². The largest absolute Gasteiger partial charge is 0.310 e. The first-order valence-corrected chi connectivity index (χ1v) is 28.4. The van der Waals surface area contributed by atoms with E-state index in [0.717, 1.165) is 50.7 Å². The van der Waals surface area contributed by atoms with Gasteiger partial charge in [0.2, 0.25) is 0 Å². The Morgan fingerprint density at radius 1 is 0.268 bits per heavy atom. The molecule has 0 amide bonds. The van der Waals surface area contributed by atoms with Crippen LogP contribution in [0.4, 0.5) is 17.1 Å². The van der Waals surface area contributed by atoms with Gasteiger partial charge in [0.15, 0.2) is 0 Å². The second-order valence-electron chi connectivity index (χ2n) is 22.0. The normalized spacial score (nSPS) is 12.4.